The Hall–Kier alpha value is -2.44. The van der Waals surface area contributed by atoms with Gasteiger partial charge in [-0.05, 0) is 37.2 Å². The number of benzene rings is 1. The van der Waals surface area contributed by atoms with Crippen LogP contribution in [0.4, 0.5) is 5.69 Å². The fraction of sp³-hybridized carbons (Fsp3) is 0.500. The maximum atomic E-state index is 12.5. The number of nitro groups is 1. The molecule has 0 aromatic heterocycles. The van der Waals surface area contributed by atoms with Crippen molar-refractivity contribution in [2.75, 3.05) is 7.11 Å². The summed E-state index contributed by atoms with van der Waals surface area (Å²) in [4.78, 5) is 35.0. The molecule has 3 rings (SSSR count). The molecule has 1 aromatic carbocycles. The van der Waals surface area contributed by atoms with E-state index in [1.807, 2.05) is 0 Å². The Balaban J connectivity index is 1.82. The second-order valence-corrected chi connectivity index (χ2v) is 6.16. The highest BCUT2D eigenvalue weighted by atomic mass is 16.6. The molecule has 2 bridgehead atoms. The standard InChI is InChI=1S/C16H18N2O5/c1-23-16(20)13-9-6-7-10(8-9)14(13)17-15(19)11-4-2-3-5-12(11)18(21)22/h2-5,9-10,13-14H,6-8H2,1H3,(H,17,19)/t9-,10-,13+,14+/m0/s1. The number of fused-ring (bicyclic) bond motifs is 2. The summed E-state index contributed by atoms with van der Waals surface area (Å²) in [6, 6.07) is 5.51. The fourth-order valence-corrected chi connectivity index (χ4v) is 4.03. The minimum Gasteiger partial charge on any atom is -0.469 e. The Bertz CT molecular complexity index is 660. The minimum atomic E-state index is -0.576. The van der Waals surface area contributed by atoms with Crippen LogP contribution in [0.15, 0.2) is 24.3 Å². The zero-order chi connectivity index (χ0) is 16.6. The Morgan fingerprint density at radius 3 is 2.65 bits per heavy atom. The molecule has 0 spiro atoms. The van der Waals surface area contributed by atoms with Crippen molar-refractivity contribution in [2.24, 2.45) is 17.8 Å². The summed E-state index contributed by atoms with van der Waals surface area (Å²) in [7, 11) is 1.34. The second kappa shape index (κ2) is 5.98. The summed E-state index contributed by atoms with van der Waals surface area (Å²) in [5.41, 5.74) is -0.216. The molecular formula is C16H18N2O5. The quantitative estimate of drug-likeness (QED) is 0.519. The summed E-state index contributed by atoms with van der Waals surface area (Å²) in [6.07, 6.45) is 2.81. The van der Waals surface area contributed by atoms with Crippen molar-refractivity contribution in [3.05, 3.63) is 39.9 Å². The summed E-state index contributed by atoms with van der Waals surface area (Å²) in [5, 5.41) is 13.9. The molecule has 1 N–H and O–H groups in total. The third kappa shape index (κ3) is 2.67. The van der Waals surface area contributed by atoms with E-state index in [-0.39, 0.29) is 41.0 Å². The first-order valence-corrected chi connectivity index (χ1v) is 7.65. The Labute approximate surface area is 133 Å². The van der Waals surface area contributed by atoms with Gasteiger partial charge in [-0.3, -0.25) is 19.7 Å². The first-order chi connectivity index (χ1) is 11.0. The van der Waals surface area contributed by atoms with Crippen LogP contribution in [0, 0.1) is 27.9 Å². The molecule has 2 aliphatic rings. The molecule has 2 saturated carbocycles. The van der Waals surface area contributed by atoms with Gasteiger partial charge in [-0.2, -0.15) is 0 Å². The van der Waals surface area contributed by atoms with E-state index in [4.69, 9.17) is 4.74 Å². The van der Waals surface area contributed by atoms with Crippen molar-refractivity contribution >= 4 is 17.6 Å². The normalized spacial score (nSPS) is 28.4. The zero-order valence-electron chi connectivity index (χ0n) is 12.7. The number of carbonyl (C=O) groups excluding carboxylic acids is 2. The number of nitrogens with zero attached hydrogens (tertiary/aromatic N) is 1. The molecule has 122 valence electrons. The van der Waals surface area contributed by atoms with Crippen LogP contribution in [0.5, 0.6) is 0 Å². The second-order valence-electron chi connectivity index (χ2n) is 6.16. The number of amides is 1. The molecule has 1 aromatic rings. The highest BCUT2D eigenvalue weighted by molar-refractivity contribution is 5.98. The van der Waals surface area contributed by atoms with Gasteiger partial charge < -0.3 is 10.1 Å². The summed E-state index contributed by atoms with van der Waals surface area (Å²) in [5.74, 6) is -0.724. The lowest BCUT2D eigenvalue weighted by molar-refractivity contribution is -0.385. The average Bonchev–Trinajstić information content (AvgIpc) is 3.15. The van der Waals surface area contributed by atoms with Crippen LogP contribution in [0.3, 0.4) is 0 Å². The van der Waals surface area contributed by atoms with Gasteiger partial charge in [-0.15, -0.1) is 0 Å². The first kappa shape index (κ1) is 15.5. The zero-order valence-corrected chi connectivity index (χ0v) is 12.7. The molecule has 0 saturated heterocycles. The number of hydrogen-bond acceptors (Lipinski definition) is 5. The van der Waals surface area contributed by atoms with E-state index in [1.165, 1.54) is 25.3 Å². The Morgan fingerprint density at radius 2 is 1.96 bits per heavy atom. The van der Waals surface area contributed by atoms with Crippen LogP contribution in [-0.4, -0.2) is 30.0 Å². The van der Waals surface area contributed by atoms with Crippen LogP contribution in [0.25, 0.3) is 0 Å². The Kier molecular flexibility index (Phi) is 4.02. The van der Waals surface area contributed by atoms with E-state index in [0.717, 1.165) is 19.3 Å². The lowest BCUT2D eigenvalue weighted by atomic mass is 9.84. The van der Waals surface area contributed by atoms with Crippen LogP contribution in [0.1, 0.15) is 29.6 Å². The third-order valence-corrected chi connectivity index (χ3v) is 5.03. The topological polar surface area (TPSA) is 98.5 Å². The molecule has 4 atom stereocenters. The van der Waals surface area contributed by atoms with E-state index in [0.29, 0.717) is 0 Å². The molecule has 0 unspecified atom stereocenters. The van der Waals surface area contributed by atoms with E-state index in [1.54, 1.807) is 6.07 Å². The van der Waals surface area contributed by atoms with Gasteiger partial charge in [-0.25, -0.2) is 0 Å². The maximum absolute atomic E-state index is 12.5. The van der Waals surface area contributed by atoms with E-state index in [9.17, 15) is 19.7 Å². The monoisotopic (exact) mass is 318 g/mol. The largest absolute Gasteiger partial charge is 0.469 e. The van der Waals surface area contributed by atoms with Gasteiger partial charge in [0.2, 0.25) is 0 Å². The van der Waals surface area contributed by atoms with Gasteiger partial charge in [0.05, 0.1) is 18.0 Å². The fourth-order valence-electron chi connectivity index (χ4n) is 4.03. The first-order valence-electron chi connectivity index (χ1n) is 7.65. The lowest BCUT2D eigenvalue weighted by Gasteiger charge is -2.29. The number of nitrogens with one attached hydrogen (secondary N) is 1. The predicted octanol–water partition coefficient (Wildman–Crippen LogP) is 1.91. The average molecular weight is 318 g/mol. The molecule has 0 radical (unpaired) electrons. The molecule has 7 heteroatoms. The third-order valence-electron chi connectivity index (χ3n) is 5.03. The predicted molar refractivity (Wildman–Crippen MR) is 80.7 cm³/mol. The van der Waals surface area contributed by atoms with Crippen molar-refractivity contribution < 1.29 is 19.2 Å². The molecule has 7 nitrogen and oxygen atoms in total. The SMILES string of the molecule is COC(=O)[C@@H]1[C@H]2CC[C@@H](C2)[C@H]1NC(=O)c1ccccc1[N+](=O)[O-]. The van der Waals surface area contributed by atoms with E-state index < -0.39 is 10.8 Å². The van der Waals surface area contributed by atoms with E-state index in [2.05, 4.69) is 5.32 Å². The van der Waals surface area contributed by atoms with Crippen LogP contribution >= 0.6 is 0 Å². The van der Waals surface area contributed by atoms with Gasteiger partial charge in [0.15, 0.2) is 0 Å². The Morgan fingerprint density at radius 1 is 1.26 bits per heavy atom. The smallest absolute Gasteiger partial charge is 0.311 e. The summed E-state index contributed by atoms with van der Waals surface area (Å²) in [6.45, 7) is 0. The van der Waals surface area contributed by atoms with Crippen LogP contribution < -0.4 is 5.32 Å². The highest BCUT2D eigenvalue weighted by Crippen LogP contribution is 2.49. The van der Waals surface area contributed by atoms with Crippen molar-refractivity contribution in [3.8, 4) is 0 Å². The van der Waals surface area contributed by atoms with Gasteiger partial charge in [0.1, 0.15) is 5.56 Å². The molecule has 0 aliphatic heterocycles. The van der Waals surface area contributed by atoms with Crippen molar-refractivity contribution in [1.29, 1.82) is 0 Å². The lowest BCUT2D eigenvalue weighted by Crippen LogP contribution is -2.47. The molecule has 2 fully saturated rings. The van der Waals surface area contributed by atoms with E-state index >= 15 is 0 Å². The van der Waals surface area contributed by atoms with Gasteiger partial charge >= 0.3 is 5.97 Å². The number of rotatable bonds is 4. The van der Waals surface area contributed by atoms with Crippen LogP contribution in [-0.2, 0) is 9.53 Å². The maximum Gasteiger partial charge on any atom is 0.311 e. The number of methoxy groups -OCH3 is 1. The number of hydrogen-bond donors (Lipinski definition) is 1. The number of carbonyl (C=O) groups is 2. The molecule has 23 heavy (non-hydrogen) atoms. The van der Waals surface area contributed by atoms with Gasteiger partial charge in [0.25, 0.3) is 11.6 Å². The summed E-state index contributed by atoms with van der Waals surface area (Å²) >= 11 is 0. The number of ether oxygens (including phenoxy) is 1. The molecule has 2 aliphatic carbocycles. The highest BCUT2D eigenvalue weighted by Gasteiger charge is 2.52. The number of nitro benzene ring substituents is 1. The molecule has 0 heterocycles. The van der Waals surface area contributed by atoms with Crippen molar-refractivity contribution in [2.45, 2.75) is 25.3 Å². The molecule has 1 amide bonds. The molecular weight excluding hydrogens is 300 g/mol. The van der Waals surface area contributed by atoms with Gasteiger partial charge in [-0.1, -0.05) is 12.1 Å². The van der Waals surface area contributed by atoms with Crippen molar-refractivity contribution in [3.63, 3.8) is 0 Å². The summed E-state index contributed by atoms with van der Waals surface area (Å²) < 4.78 is 4.87. The van der Waals surface area contributed by atoms with Crippen molar-refractivity contribution in [1.82, 2.24) is 5.32 Å². The minimum absolute atomic E-state index is 0.0175. The number of para-hydroxylation sites is 1. The van der Waals surface area contributed by atoms with Crippen LogP contribution in [0.2, 0.25) is 0 Å². The number of esters is 1. The van der Waals surface area contributed by atoms with Gasteiger partial charge in [0, 0.05) is 12.1 Å².